The molecule has 0 atom stereocenters. The van der Waals surface area contributed by atoms with Crippen LogP contribution in [0.2, 0.25) is 0 Å². The number of nitrogens with zero attached hydrogens (tertiary/aromatic N) is 2. The maximum atomic E-state index is 8.78. The van der Waals surface area contributed by atoms with Gasteiger partial charge in [-0.05, 0) is 41.3 Å². The molecule has 0 amide bonds. The van der Waals surface area contributed by atoms with E-state index in [4.69, 9.17) is 10.00 Å². The summed E-state index contributed by atoms with van der Waals surface area (Å²) in [6, 6.07) is 13.7. The zero-order valence-electron chi connectivity index (χ0n) is 11.1. The second kappa shape index (κ2) is 6.01. The van der Waals surface area contributed by atoms with E-state index in [1.807, 2.05) is 24.3 Å². The number of hydrogen-bond acceptors (Lipinski definition) is 3. The molecule has 0 radical (unpaired) electrons. The molecule has 1 heterocycles. The Bertz CT molecular complexity index is 582. The molecule has 1 aromatic heterocycles. The largest absolute Gasteiger partial charge is 0.489 e. The highest BCUT2D eigenvalue weighted by molar-refractivity contribution is 5.30. The van der Waals surface area contributed by atoms with E-state index in [0.717, 1.165) is 11.3 Å². The van der Waals surface area contributed by atoms with E-state index in [-0.39, 0.29) is 0 Å². The first-order chi connectivity index (χ1) is 9.19. The Morgan fingerprint density at radius 1 is 1.21 bits per heavy atom. The maximum absolute atomic E-state index is 8.78. The van der Waals surface area contributed by atoms with Gasteiger partial charge in [0, 0.05) is 6.20 Å². The second-order valence-corrected chi connectivity index (χ2v) is 4.67. The van der Waals surface area contributed by atoms with Crippen LogP contribution in [-0.2, 0) is 6.61 Å². The molecule has 0 aliphatic rings. The molecule has 0 saturated heterocycles. The lowest BCUT2D eigenvalue weighted by Crippen LogP contribution is -1.97. The summed E-state index contributed by atoms with van der Waals surface area (Å²) in [6.45, 7) is 4.77. The van der Waals surface area contributed by atoms with Crippen molar-refractivity contribution in [2.24, 2.45) is 0 Å². The summed E-state index contributed by atoms with van der Waals surface area (Å²) in [6.07, 6.45) is 1.62. The zero-order valence-corrected chi connectivity index (χ0v) is 11.1. The number of aromatic nitrogens is 1. The lowest BCUT2D eigenvalue weighted by atomic mass is 10.0. The quantitative estimate of drug-likeness (QED) is 0.834. The van der Waals surface area contributed by atoms with Gasteiger partial charge in [0.15, 0.2) is 0 Å². The molecule has 0 unspecified atom stereocenters. The van der Waals surface area contributed by atoms with Gasteiger partial charge in [-0.1, -0.05) is 26.0 Å². The SMILES string of the molecule is CC(C)c1ccc(OCc2ccnc(C#N)c2)cc1. The van der Waals surface area contributed by atoms with E-state index in [0.29, 0.717) is 18.2 Å². The maximum Gasteiger partial charge on any atom is 0.140 e. The first-order valence-electron chi connectivity index (χ1n) is 6.27. The molecule has 0 fully saturated rings. The lowest BCUT2D eigenvalue weighted by molar-refractivity contribution is 0.306. The van der Waals surface area contributed by atoms with Crippen LogP contribution in [0, 0.1) is 11.3 Å². The molecule has 0 aliphatic carbocycles. The minimum Gasteiger partial charge on any atom is -0.489 e. The highest BCUT2D eigenvalue weighted by Gasteiger charge is 2.01. The Morgan fingerprint density at radius 3 is 2.58 bits per heavy atom. The Hall–Kier alpha value is -2.34. The van der Waals surface area contributed by atoms with Gasteiger partial charge in [0.05, 0.1) is 0 Å². The third kappa shape index (κ3) is 3.56. The number of hydrogen-bond donors (Lipinski definition) is 0. The van der Waals surface area contributed by atoms with Gasteiger partial charge in [-0.15, -0.1) is 0 Å². The van der Waals surface area contributed by atoms with Crippen molar-refractivity contribution in [3.05, 3.63) is 59.4 Å². The van der Waals surface area contributed by atoms with E-state index in [1.54, 1.807) is 12.3 Å². The lowest BCUT2D eigenvalue weighted by Gasteiger charge is -2.09. The van der Waals surface area contributed by atoms with Crippen molar-refractivity contribution in [2.75, 3.05) is 0 Å². The standard InChI is InChI=1S/C16H16N2O/c1-12(2)14-3-5-16(6-4-14)19-11-13-7-8-18-15(9-13)10-17/h3-9,12H,11H2,1-2H3. The topological polar surface area (TPSA) is 45.9 Å². The van der Waals surface area contributed by atoms with Gasteiger partial charge in [0.2, 0.25) is 0 Å². The third-order valence-electron chi connectivity index (χ3n) is 2.89. The van der Waals surface area contributed by atoms with Gasteiger partial charge >= 0.3 is 0 Å². The number of benzene rings is 1. The highest BCUT2D eigenvalue weighted by Crippen LogP contribution is 2.19. The average molecular weight is 252 g/mol. The van der Waals surface area contributed by atoms with Crippen LogP contribution in [0.3, 0.4) is 0 Å². The predicted octanol–water partition coefficient (Wildman–Crippen LogP) is 3.66. The average Bonchev–Trinajstić information content (AvgIpc) is 2.46. The van der Waals surface area contributed by atoms with E-state index < -0.39 is 0 Å². The van der Waals surface area contributed by atoms with E-state index in [9.17, 15) is 0 Å². The Balaban J connectivity index is 2.00. The summed E-state index contributed by atoms with van der Waals surface area (Å²) < 4.78 is 5.69. The van der Waals surface area contributed by atoms with E-state index in [2.05, 4.69) is 31.0 Å². The van der Waals surface area contributed by atoms with Gasteiger partial charge in [-0.25, -0.2) is 4.98 Å². The van der Waals surface area contributed by atoms with Crippen molar-refractivity contribution >= 4 is 0 Å². The molecule has 19 heavy (non-hydrogen) atoms. The molecule has 1 aromatic carbocycles. The summed E-state index contributed by atoms with van der Waals surface area (Å²) in [7, 11) is 0. The molecule has 0 saturated carbocycles. The van der Waals surface area contributed by atoms with Crippen LogP contribution >= 0.6 is 0 Å². The van der Waals surface area contributed by atoms with Gasteiger partial charge in [-0.3, -0.25) is 0 Å². The molecule has 2 rings (SSSR count). The summed E-state index contributed by atoms with van der Waals surface area (Å²) in [5.74, 6) is 1.35. The molecule has 0 N–H and O–H groups in total. The second-order valence-electron chi connectivity index (χ2n) is 4.67. The minimum absolute atomic E-state index is 0.413. The molecule has 2 aromatic rings. The zero-order chi connectivity index (χ0) is 13.7. The van der Waals surface area contributed by atoms with Crippen LogP contribution < -0.4 is 4.74 Å². The van der Waals surface area contributed by atoms with Crippen LogP contribution in [-0.4, -0.2) is 4.98 Å². The van der Waals surface area contributed by atoms with E-state index >= 15 is 0 Å². The molecular weight excluding hydrogens is 236 g/mol. The number of pyridine rings is 1. The monoisotopic (exact) mass is 252 g/mol. The highest BCUT2D eigenvalue weighted by atomic mass is 16.5. The fourth-order valence-electron chi connectivity index (χ4n) is 1.74. The van der Waals surface area contributed by atoms with Crippen molar-refractivity contribution in [2.45, 2.75) is 26.4 Å². The molecular formula is C16H16N2O. The van der Waals surface area contributed by atoms with Crippen molar-refractivity contribution in [1.82, 2.24) is 4.98 Å². The Kier molecular flexibility index (Phi) is 4.15. The van der Waals surface area contributed by atoms with E-state index in [1.165, 1.54) is 5.56 Å². The molecule has 3 heteroatoms. The van der Waals surface area contributed by atoms with Crippen LogP contribution in [0.15, 0.2) is 42.6 Å². The van der Waals surface area contributed by atoms with Crippen LogP contribution in [0.25, 0.3) is 0 Å². The van der Waals surface area contributed by atoms with Crippen LogP contribution in [0.1, 0.15) is 36.6 Å². The smallest absolute Gasteiger partial charge is 0.140 e. The summed E-state index contributed by atoms with van der Waals surface area (Å²) >= 11 is 0. The fourth-order valence-corrected chi connectivity index (χ4v) is 1.74. The number of rotatable bonds is 4. The molecule has 0 bridgehead atoms. The molecule has 0 aliphatic heterocycles. The fraction of sp³-hybridized carbons (Fsp3) is 0.250. The summed E-state index contributed by atoms with van der Waals surface area (Å²) in [4.78, 5) is 3.93. The number of nitriles is 1. The van der Waals surface area contributed by atoms with Crippen LogP contribution in [0.5, 0.6) is 5.75 Å². The van der Waals surface area contributed by atoms with Crippen molar-refractivity contribution < 1.29 is 4.74 Å². The van der Waals surface area contributed by atoms with Crippen molar-refractivity contribution in [3.8, 4) is 11.8 Å². The van der Waals surface area contributed by atoms with Crippen LogP contribution in [0.4, 0.5) is 0 Å². The van der Waals surface area contributed by atoms with Crippen molar-refractivity contribution in [1.29, 1.82) is 5.26 Å². The van der Waals surface area contributed by atoms with Gasteiger partial charge in [-0.2, -0.15) is 5.26 Å². The minimum atomic E-state index is 0.413. The molecule has 0 spiro atoms. The first kappa shape index (κ1) is 13.1. The Labute approximate surface area is 113 Å². The van der Waals surface area contributed by atoms with Crippen molar-refractivity contribution in [3.63, 3.8) is 0 Å². The molecule has 96 valence electrons. The number of ether oxygens (including phenoxy) is 1. The van der Waals surface area contributed by atoms with Gasteiger partial charge in [0.1, 0.15) is 24.1 Å². The van der Waals surface area contributed by atoms with Gasteiger partial charge < -0.3 is 4.74 Å². The van der Waals surface area contributed by atoms with Gasteiger partial charge in [0.25, 0.3) is 0 Å². The normalized spacial score (nSPS) is 10.2. The summed E-state index contributed by atoms with van der Waals surface area (Å²) in [5, 5.41) is 8.78. The summed E-state index contributed by atoms with van der Waals surface area (Å²) in [5.41, 5.74) is 2.65. The predicted molar refractivity (Wildman–Crippen MR) is 73.8 cm³/mol. The first-order valence-corrected chi connectivity index (χ1v) is 6.27. The molecule has 3 nitrogen and oxygen atoms in total. The third-order valence-corrected chi connectivity index (χ3v) is 2.89. The Morgan fingerprint density at radius 2 is 1.95 bits per heavy atom.